The first kappa shape index (κ1) is 14.5. The fourth-order valence-electron chi connectivity index (χ4n) is 2.24. The molecule has 2 rings (SSSR count). The van der Waals surface area contributed by atoms with Gasteiger partial charge in [0.15, 0.2) is 0 Å². The van der Waals surface area contributed by atoms with Crippen molar-refractivity contribution in [1.29, 1.82) is 5.26 Å². The van der Waals surface area contributed by atoms with Gasteiger partial charge in [-0.1, -0.05) is 0 Å². The minimum absolute atomic E-state index is 0.123. The van der Waals surface area contributed by atoms with Crippen LogP contribution in [0.3, 0.4) is 0 Å². The van der Waals surface area contributed by atoms with Crippen molar-refractivity contribution in [1.82, 2.24) is 4.31 Å². The van der Waals surface area contributed by atoms with Gasteiger partial charge in [-0.15, -0.1) is 0 Å². The Morgan fingerprint density at radius 1 is 1.35 bits per heavy atom. The molecule has 1 heterocycles. The minimum atomic E-state index is -3.64. The maximum atomic E-state index is 12.4. The zero-order chi connectivity index (χ0) is 14.8. The molecule has 1 aromatic carbocycles. The van der Waals surface area contributed by atoms with Crippen LogP contribution in [-0.4, -0.2) is 31.7 Å². The number of sulfonamides is 1. The second-order valence-corrected chi connectivity index (χ2v) is 6.68. The normalized spacial score (nSPS) is 20.2. The van der Waals surface area contributed by atoms with E-state index in [0.29, 0.717) is 24.9 Å². The fraction of sp³-hybridized carbons (Fsp3) is 0.385. The highest BCUT2D eigenvalue weighted by Crippen LogP contribution is 2.23. The fourth-order valence-corrected chi connectivity index (χ4v) is 3.77. The number of hydrogen-bond acceptors (Lipinski definition) is 4. The second-order valence-electron chi connectivity index (χ2n) is 4.74. The maximum absolute atomic E-state index is 12.4. The maximum Gasteiger partial charge on any atom is 0.243 e. The van der Waals surface area contributed by atoms with E-state index in [-0.39, 0.29) is 11.4 Å². The predicted octanol–water partition coefficient (Wildman–Crippen LogP) is 0.444. The summed E-state index contributed by atoms with van der Waals surface area (Å²) in [5, 5.41) is 8.71. The molecule has 0 aliphatic carbocycles. The SMILES string of the molecule is N#Cc1ccc(S(=O)(=O)N2CCCC(C(N)=O)C2)cc1. The van der Waals surface area contributed by atoms with Crippen molar-refractivity contribution in [2.75, 3.05) is 13.1 Å². The molecule has 20 heavy (non-hydrogen) atoms. The lowest BCUT2D eigenvalue weighted by atomic mass is 9.99. The topological polar surface area (TPSA) is 104 Å². The molecule has 0 saturated carbocycles. The predicted molar refractivity (Wildman–Crippen MR) is 71.8 cm³/mol. The lowest BCUT2D eigenvalue weighted by Gasteiger charge is -2.30. The van der Waals surface area contributed by atoms with Crippen molar-refractivity contribution in [2.24, 2.45) is 11.7 Å². The smallest absolute Gasteiger partial charge is 0.243 e. The van der Waals surface area contributed by atoms with E-state index in [1.807, 2.05) is 6.07 Å². The van der Waals surface area contributed by atoms with Gasteiger partial charge in [-0.2, -0.15) is 9.57 Å². The number of carbonyl (C=O) groups is 1. The van der Waals surface area contributed by atoms with Gasteiger partial charge in [-0.25, -0.2) is 8.42 Å². The molecule has 0 spiro atoms. The van der Waals surface area contributed by atoms with Gasteiger partial charge in [0, 0.05) is 13.1 Å². The molecule has 0 aromatic heterocycles. The Labute approximate surface area is 117 Å². The highest BCUT2D eigenvalue weighted by atomic mass is 32.2. The number of primary amides is 1. The molecule has 1 unspecified atom stereocenters. The zero-order valence-electron chi connectivity index (χ0n) is 10.8. The van der Waals surface area contributed by atoms with Crippen LogP contribution in [0.5, 0.6) is 0 Å². The van der Waals surface area contributed by atoms with Crippen LogP contribution in [-0.2, 0) is 14.8 Å². The molecule has 6 nitrogen and oxygen atoms in total. The zero-order valence-corrected chi connectivity index (χ0v) is 11.6. The van der Waals surface area contributed by atoms with Crippen molar-refractivity contribution < 1.29 is 13.2 Å². The number of amides is 1. The molecule has 0 bridgehead atoms. The van der Waals surface area contributed by atoms with Gasteiger partial charge in [-0.3, -0.25) is 4.79 Å². The quantitative estimate of drug-likeness (QED) is 0.873. The lowest BCUT2D eigenvalue weighted by molar-refractivity contribution is -0.122. The van der Waals surface area contributed by atoms with Gasteiger partial charge in [0.05, 0.1) is 22.4 Å². The summed E-state index contributed by atoms with van der Waals surface area (Å²) in [6.07, 6.45) is 1.23. The van der Waals surface area contributed by atoms with E-state index in [2.05, 4.69) is 0 Å². The lowest BCUT2D eigenvalue weighted by Crippen LogP contribution is -2.44. The first-order chi connectivity index (χ1) is 9.45. The van der Waals surface area contributed by atoms with Gasteiger partial charge in [0.2, 0.25) is 15.9 Å². The van der Waals surface area contributed by atoms with Crippen LogP contribution in [0.15, 0.2) is 29.2 Å². The largest absolute Gasteiger partial charge is 0.369 e. The molecule has 1 fully saturated rings. The third kappa shape index (κ3) is 2.81. The van der Waals surface area contributed by atoms with Crippen molar-refractivity contribution in [3.63, 3.8) is 0 Å². The number of rotatable bonds is 3. The molecule has 1 aliphatic rings. The summed E-state index contributed by atoms with van der Waals surface area (Å²) in [6, 6.07) is 7.67. The highest BCUT2D eigenvalue weighted by Gasteiger charge is 2.32. The van der Waals surface area contributed by atoms with Gasteiger partial charge in [-0.05, 0) is 37.1 Å². The Kier molecular flexibility index (Phi) is 4.06. The molecule has 2 N–H and O–H groups in total. The van der Waals surface area contributed by atoms with Gasteiger partial charge < -0.3 is 5.73 Å². The van der Waals surface area contributed by atoms with Crippen molar-refractivity contribution in [3.8, 4) is 6.07 Å². The molecule has 7 heteroatoms. The monoisotopic (exact) mass is 293 g/mol. The number of nitrogens with two attached hydrogens (primary N) is 1. The van der Waals surface area contributed by atoms with Gasteiger partial charge in [0.25, 0.3) is 0 Å². The van der Waals surface area contributed by atoms with E-state index in [1.54, 1.807) is 0 Å². The molecule has 1 amide bonds. The van der Waals surface area contributed by atoms with Gasteiger partial charge in [0.1, 0.15) is 0 Å². The molecular formula is C13H15N3O3S. The van der Waals surface area contributed by atoms with Crippen LogP contribution >= 0.6 is 0 Å². The van der Waals surface area contributed by atoms with Gasteiger partial charge >= 0.3 is 0 Å². The molecule has 1 saturated heterocycles. The summed E-state index contributed by atoms with van der Waals surface area (Å²) in [4.78, 5) is 11.3. The third-order valence-electron chi connectivity index (χ3n) is 3.41. The van der Waals surface area contributed by atoms with Crippen LogP contribution in [0.2, 0.25) is 0 Å². The molecule has 1 atom stereocenters. The van der Waals surface area contributed by atoms with Crippen LogP contribution in [0, 0.1) is 17.2 Å². The summed E-state index contributed by atoms with van der Waals surface area (Å²) in [5.41, 5.74) is 5.65. The summed E-state index contributed by atoms with van der Waals surface area (Å²) in [7, 11) is -3.64. The second kappa shape index (κ2) is 5.61. The number of benzene rings is 1. The summed E-state index contributed by atoms with van der Waals surface area (Å²) in [6.45, 7) is 0.504. The number of piperidine rings is 1. The van der Waals surface area contributed by atoms with E-state index in [1.165, 1.54) is 28.6 Å². The number of nitriles is 1. The first-order valence-electron chi connectivity index (χ1n) is 6.25. The van der Waals surface area contributed by atoms with E-state index in [4.69, 9.17) is 11.0 Å². The summed E-state index contributed by atoms with van der Waals surface area (Å²) < 4.78 is 26.2. The number of hydrogen-bond donors (Lipinski definition) is 1. The van der Waals surface area contributed by atoms with Crippen molar-refractivity contribution in [3.05, 3.63) is 29.8 Å². The molecule has 1 aromatic rings. The van der Waals surface area contributed by atoms with Crippen LogP contribution in [0.4, 0.5) is 0 Å². The Morgan fingerprint density at radius 2 is 2.00 bits per heavy atom. The van der Waals surface area contributed by atoms with Crippen molar-refractivity contribution in [2.45, 2.75) is 17.7 Å². The van der Waals surface area contributed by atoms with E-state index >= 15 is 0 Å². The molecule has 0 radical (unpaired) electrons. The Bertz CT molecular complexity index is 646. The van der Waals surface area contributed by atoms with Crippen LogP contribution in [0.1, 0.15) is 18.4 Å². The van der Waals surface area contributed by atoms with Crippen LogP contribution < -0.4 is 5.73 Å². The Morgan fingerprint density at radius 3 is 2.55 bits per heavy atom. The summed E-state index contributed by atoms with van der Waals surface area (Å²) >= 11 is 0. The summed E-state index contributed by atoms with van der Waals surface area (Å²) in [5.74, 6) is -0.901. The van der Waals surface area contributed by atoms with Crippen LogP contribution in [0.25, 0.3) is 0 Å². The van der Waals surface area contributed by atoms with E-state index in [0.717, 1.165) is 0 Å². The molecule has 106 valence electrons. The molecular weight excluding hydrogens is 278 g/mol. The Hall–Kier alpha value is -1.91. The van der Waals surface area contributed by atoms with E-state index in [9.17, 15) is 13.2 Å². The standard InChI is InChI=1S/C13H15N3O3S/c14-8-10-3-5-12(6-4-10)20(18,19)16-7-1-2-11(9-16)13(15)17/h3-6,11H,1-2,7,9H2,(H2,15,17). The van der Waals surface area contributed by atoms with E-state index < -0.39 is 21.8 Å². The third-order valence-corrected chi connectivity index (χ3v) is 5.29. The Balaban J connectivity index is 2.25. The van der Waals surface area contributed by atoms with Crippen molar-refractivity contribution >= 4 is 15.9 Å². The number of carbonyl (C=O) groups excluding carboxylic acids is 1. The highest BCUT2D eigenvalue weighted by molar-refractivity contribution is 7.89. The molecule has 1 aliphatic heterocycles. The first-order valence-corrected chi connectivity index (χ1v) is 7.69. The minimum Gasteiger partial charge on any atom is -0.369 e. The average molecular weight is 293 g/mol. The average Bonchev–Trinajstić information content (AvgIpc) is 2.47. The number of nitrogens with zero attached hydrogens (tertiary/aromatic N) is 2.